The second kappa shape index (κ2) is 4.91. The Balaban J connectivity index is 2.18. The summed E-state index contributed by atoms with van der Waals surface area (Å²) < 4.78 is 0. The molecule has 0 spiro atoms. The summed E-state index contributed by atoms with van der Waals surface area (Å²) >= 11 is 0. The Labute approximate surface area is 129 Å². The van der Waals surface area contributed by atoms with E-state index in [4.69, 9.17) is 0 Å². The van der Waals surface area contributed by atoms with Crippen molar-refractivity contribution in [2.24, 2.45) is 0 Å². The maximum Gasteiger partial charge on any atom is 0.337 e. The molecular formula is C18H18N2O2. The normalized spacial score (nSPS) is 12.5. The topological polar surface area (TPSA) is 61.4 Å². The number of para-hydroxylation sites is 2. The summed E-state index contributed by atoms with van der Waals surface area (Å²) in [5.41, 5.74) is 4.28. The third-order valence-electron chi connectivity index (χ3n) is 4.08. The molecule has 0 saturated heterocycles. The molecule has 112 valence electrons. The van der Waals surface area contributed by atoms with Crippen molar-refractivity contribution >= 4 is 28.7 Å². The molecule has 0 unspecified atom stereocenters. The lowest BCUT2D eigenvalue weighted by Crippen LogP contribution is -2.19. The zero-order chi connectivity index (χ0) is 15.9. The minimum atomic E-state index is -0.949. The molecule has 0 fully saturated rings. The van der Waals surface area contributed by atoms with Crippen molar-refractivity contribution in [3.8, 4) is 0 Å². The summed E-state index contributed by atoms with van der Waals surface area (Å²) in [5, 5.41) is 16.0. The molecule has 0 radical (unpaired) electrons. The highest BCUT2D eigenvalue weighted by Gasteiger charge is 2.26. The molecule has 0 aliphatic carbocycles. The lowest BCUT2D eigenvalue weighted by atomic mass is 9.83. The van der Waals surface area contributed by atoms with E-state index >= 15 is 0 Å². The fourth-order valence-corrected chi connectivity index (χ4v) is 2.68. The van der Waals surface area contributed by atoms with Gasteiger partial charge in [0.15, 0.2) is 0 Å². The van der Waals surface area contributed by atoms with Gasteiger partial charge < -0.3 is 15.7 Å². The fraction of sp³-hybridized carbons (Fsp3) is 0.167. The van der Waals surface area contributed by atoms with E-state index in [2.05, 4.69) is 31.1 Å². The van der Waals surface area contributed by atoms with Gasteiger partial charge in [-0.15, -0.1) is 6.58 Å². The predicted molar refractivity (Wildman–Crippen MR) is 89.6 cm³/mol. The standard InChI is InChI=1S/C18H18N2O2/c1-4-18(2,3)12-8-6-10-14-16(12)20-15-11(17(21)22)7-5-9-13(15)19-14/h4-10,19-20H,1H2,2-3H3,(H,21,22). The molecule has 0 saturated carbocycles. The summed E-state index contributed by atoms with van der Waals surface area (Å²) in [6, 6.07) is 11.2. The summed E-state index contributed by atoms with van der Waals surface area (Å²) in [4.78, 5) is 11.4. The van der Waals surface area contributed by atoms with Gasteiger partial charge in [0, 0.05) is 5.41 Å². The van der Waals surface area contributed by atoms with Crippen LogP contribution in [0, 0.1) is 0 Å². The molecule has 4 nitrogen and oxygen atoms in total. The molecule has 0 atom stereocenters. The number of carboxylic acid groups (broad SMARTS) is 1. The second-order valence-electron chi connectivity index (χ2n) is 5.94. The monoisotopic (exact) mass is 294 g/mol. The zero-order valence-corrected chi connectivity index (χ0v) is 12.6. The number of hydrogen-bond donors (Lipinski definition) is 3. The summed E-state index contributed by atoms with van der Waals surface area (Å²) in [6.07, 6.45) is 1.89. The summed E-state index contributed by atoms with van der Waals surface area (Å²) in [6.45, 7) is 8.06. The summed E-state index contributed by atoms with van der Waals surface area (Å²) in [7, 11) is 0. The summed E-state index contributed by atoms with van der Waals surface area (Å²) in [5.74, 6) is -0.949. The van der Waals surface area contributed by atoms with Gasteiger partial charge in [0.1, 0.15) is 0 Å². The Morgan fingerprint density at radius 1 is 1.09 bits per heavy atom. The minimum Gasteiger partial charge on any atom is -0.478 e. The average Bonchev–Trinajstić information content (AvgIpc) is 2.51. The van der Waals surface area contributed by atoms with Crippen molar-refractivity contribution in [1.82, 2.24) is 0 Å². The number of fused-ring (bicyclic) bond motifs is 2. The van der Waals surface area contributed by atoms with Crippen LogP contribution in [0.25, 0.3) is 0 Å². The highest BCUT2D eigenvalue weighted by molar-refractivity contribution is 6.03. The van der Waals surface area contributed by atoms with E-state index in [1.54, 1.807) is 12.1 Å². The van der Waals surface area contributed by atoms with Crippen LogP contribution in [0.15, 0.2) is 49.1 Å². The Kier molecular flexibility index (Phi) is 3.17. The van der Waals surface area contributed by atoms with E-state index in [9.17, 15) is 9.90 Å². The van der Waals surface area contributed by atoms with Crippen LogP contribution in [-0.4, -0.2) is 11.1 Å². The van der Waals surface area contributed by atoms with Crippen molar-refractivity contribution in [2.45, 2.75) is 19.3 Å². The molecule has 22 heavy (non-hydrogen) atoms. The molecule has 1 heterocycles. The number of nitrogens with one attached hydrogen (secondary N) is 2. The second-order valence-corrected chi connectivity index (χ2v) is 5.94. The Hall–Kier alpha value is -2.75. The Morgan fingerprint density at radius 3 is 2.36 bits per heavy atom. The van der Waals surface area contributed by atoms with Crippen molar-refractivity contribution in [2.75, 3.05) is 10.6 Å². The number of carbonyl (C=O) groups is 1. The van der Waals surface area contributed by atoms with Crippen molar-refractivity contribution < 1.29 is 9.90 Å². The number of rotatable bonds is 3. The SMILES string of the molecule is C=CC(C)(C)c1cccc2c1Nc1c(cccc1C(=O)O)N2. The lowest BCUT2D eigenvalue weighted by Gasteiger charge is -2.31. The minimum absolute atomic E-state index is 0.226. The molecule has 3 N–H and O–H groups in total. The molecule has 0 aromatic heterocycles. The van der Waals surface area contributed by atoms with E-state index in [0.717, 1.165) is 22.6 Å². The predicted octanol–water partition coefficient (Wildman–Crippen LogP) is 4.65. The first-order valence-corrected chi connectivity index (χ1v) is 7.11. The molecule has 3 rings (SSSR count). The van der Waals surface area contributed by atoms with Crippen LogP contribution >= 0.6 is 0 Å². The Bertz CT molecular complexity index is 779. The molecule has 2 aromatic rings. The first-order chi connectivity index (χ1) is 10.4. The number of anilines is 4. The van der Waals surface area contributed by atoms with Crippen LogP contribution in [0.3, 0.4) is 0 Å². The molecule has 0 amide bonds. The van der Waals surface area contributed by atoms with E-state index in [1.165, 1.54) is 0 Å². The third-order valence-corrected chi connectivity index (χ3v) is 4.08. The molecular weight excluding hydrogens is 276 g/mol. The van der Waals surface area contributed by atoms with Gasteiger partial charge in [-0.2, -0.15) is 0 Å². The van der Waals surface area contributed by atoms with Crippen molar-refractivity contribution in [3.05, 3.63) is 60.2 Å². The highest BCUT2D eigenvalue weighted by atomic mass is 16.4. The first kappa shape index (κ1) is 14.2. The van der Waals surface area contributed by atoms with E-state index in [0.29, 0.717) is 5.69 Å². The van der Waals surface area contributed by atoms with E-state index < -0.39 is 5.97 Å². The molecule has 0 bridgehead atoms. The number of allylic oxidation sites excluding steroid dienone is 1. The molecule has 1 aliphatic rings. The van der Waals surface area contributed by atoms with Crippen molar-refractivity contribution in [1.29, 1.82) is 0 Å². The maximum absolute atomic E-state index is 11.4. The number of hydrogen-bond acceptors (Lipinski definition) is 3. The highest BCUT2D eigenvalue weighted by Crippen LogP contribution is 2.45. The van der Waals surface area contributed by atoms with E-state index in [-0.39, 0.29) is 11.0 Å². The number of carboxylic acids is 1. The zero-order valence-electron chi connectivity index (χ0n) is 12.6. The van der Waals surface area contributed by atoms with Crippen LogP contribution in [0.1, 0.15) is 29.8 Å². The van der Waals surface area contributed by atoms with Gasteiger partial charge in [-0.3, -0.25) is 0 Å². The maximum atomic E-state index is 11.4. The number of benzene rings is 2. The first-order valence-electron chi connectivity index (χ1n) is 7.11. The fourth-order valence-electron chi connectivity index (χ4n) is 2.68. The van der Waals surface area contributed by atoms with Gasteiger partial charge in [0.2, 0.25) is 0 Å². The van der Waals surface area contributed by atoms with Crippen LogP contribution in [-0.2, 0) is 5.41 Å². The molecule has 1 aliphatic heterocycles. The van der Waals surface area contributed by atoms with E-state index in [1.807, 2.05) is 30.3 Å². The van der Waals surface area contributed by atoms with Crippen LogP contribution in [0.5, 0.6) is 0 Å². The Morgan fingerprint density at radius 2 is 1.73 bits per heavy atom. The lowest BCUT2D eigenvalue weighted by molar-refractivity contribution is 0.0698. The van der Waals surface area contributed by atoms with Crippen LogP contribution in [0.4, 0.5) is 22.7 Å². The average molecular weight is 294 g/mol. The molecule has 2 aromatic carbocycles. The number of aromatic carboxylic acids is 1. The van der Waals surface area contributed by atoms with Crippen LogP contribution < -0.4 is 10.6 Å². The largest absolute Gasteiger partial charge is 0.478 e. The quantitative estimate of drug-likeness (QED) is 0.615. The van der Waals surface area contributed by atoms with Gasteiger partial charge in [0.05, 0.1) is 28.3 Å². The van der Waals surface area contributed by atoms with Gasteiger partial charge >= 0.3 is 5.97 Å². The van der Waals surface area contributed by atoms with Gasteiger partial charge in [-0.05, 0) is 23.8 Å². The van der Waals surface area contributed by atoms with Crippen LogP contribution in [0.2, 0.25) is 0 Å². The van der Waals surface area contributed by atoms with Gasteiger partial charge in [0.25, 0.3) is 0 Å². The van der Waals surface area contributed by atoms with Gasteiger partial charge in [-0.1, -0.05) is 38.1 Å². The smallest absolute Gasteiger partial charge is 0.337 e. The van der Waals surface area contributed by atoms with Gasteiger partial charge in [-0.25, -0.2) is 4.79 Å². The van der Waals surface area contributed by atoms with Crippen molar-refractivity contribution in [3.63, 3.8) is 0 Å². The third kappa shape index (κ3) is 2.13. The molecule has 4 heteroatoms.